The third-order valence-electron chi connectivity index (χ3n) is 5.89. The third kappa shape index (κ3) is 5.29. The van der Waals surface area contributed by atoms with Crippen LogP contribution in [0.1, 0.15) is 18.4 Å². The van der Waals surface area contributed by atoms with E-state index in [1.54, 1.807) is 0 Å². The topological polar surface area (TPSA) is 93.4 Å². The van der Waals surface area contributed by atoms with Crippen molar-refractivity contribution in [2.45, 2.75) is 18.9 Å². The van der Waals surface area contributed by atoms with E-state index < -0.39 is 0 Å². The van der Waals surface area contributed by atoms with Crippen molar-refractivity contribution in [1.82, 2.24) is 15.3 Å². The number of carbonyl (C=O) groups excluding carboxylic acids is 1. The van der Waals surface area contributed by atoms with E-state index in [4.69, 9.17) is 10.1 Å². The molecule has 0 spiro atoms. The Morgan fingerprint density at radius 1 is 1.15 bits per heavy atom. The molecule has 0 aromatic heterocycles. The Morgan fingerprint density at radius 3 is 2.59 bits per heavy atom. The molecule has 8 heteroatoms. The Bertz CT molecular complexity index is 1120. The van der Waals surface area contributed by atoms with Gasteiger partial charge in [0.05, 0.1) is 5.70 Å². The lowest BCUT2D eigenvalue weighted by atomic mass is 10.0. The van der Waals surface area contributed by atoms with Crippen LogP contribution in [-0.2, 0) is 4.79 Å². The van der Waals surface area contributed by atoms with Gasteiger partial charge in [-0.2, -0.15) is 0 Å². The molecule has 2 aliphatic rings. The number of piperidine rings is 1. The van der Waals surface area contributed by atoms with Crippen molar-refractivity contribution in [3.63, 3.8) is 0 Å². The number of benzene rings is 2. The normalized spacial score (nSPS) is 18.6. The first kappa shape index (κ1) is 23.1. The van der Waals surface area contributed by atoms with Gasteiger partial charge in [0.15, 0.2) is 5.84 Å². The summed E-state index contributed by atoms with van der Waals surface area (Å²) in [5.41, 5.74) is 5.96. The minimum Gasteiger partial charge on any atom is -0.457 e. The largest absolute Gasteiger partial charge is 0.457 e. The number of aliphatic imine (C=N–C) groups is 2. The molecule has 4 rings (SSSR count). The average molecular weight is 457 g/mol. The lowest BCUT2D eigenvalue weighted by Crippen LogP contribution is -2.52. The van der Waals surface area contributed by atoms with Crippen molar-refractivity contribution < 1.29 is 9.53 Å². The maximum absolute atomic E-state index is 12.1. The number of hydrazine groups is 1. The van der Waals surface area contributed by atoms with Crippen molar-refractivity contribution in [3.05, 3.63) is 78.4 Å². The first-order valence-electron chi connectivity index (χ1n) is 11.2. The van der Waals surface area contributed by atoms with Crippen LogP contribution in [0, 0.1) is 5.41 Å². The van der Waals surface area contributed by atoms with Crippen LogP contribution in [0.15, 0.2) is 82.8 Å². The van der Waals surface area contributed by atoms with Gasteiger partial charge in [-0.25, -0.2) is 10.0 Å². The first-order chi connectivity index (χ1) is 16.6. The summed E-state index contributed by atoms with van der Waals surface area (Å²) in [5, 5.41) is 10.6. The average Bonchev–Trinajstić information content (AvgIpc) is 3.34. The number of para-hydroxylation sites is 1. The number of nitrogens with one attached hydrogen (secondary N) is 2. The molecule has 1 amide bonds. The van der Waals surface area contributed by atoms with Gasteiger partial charge < -0.3 is 15.1 Å². The zero-order chi connectivity index (χ0) is 23.9. The van der Waals surface area contributed by atoms with E-state index in [-0.39, 0.29) is 17.8 Å². The highest BCUT2D eigenvalue weighted by atomic mass is 16.5. The number of amidine groups is 1. The van der Waals surface area contributed by atoms with Gasteiger partial charge in [0.2, 0.25) is 5.91 Å². The molecule has 8 nitrogen and oxygen atoms in total. The lowest BCUT2D eigenvalue weighted by Gasteiger charge is -2.37. The summed E-state index contributed by atoms with van der Waals surface area (Å²) in [5.74, 6) is 1.56. The van der Waals surface area contributed by atoms with Crippen molar-refractivity contribution in [2.75, 3.05) is 19.6 Å². The number of nitrogens with zero attached hydrogens (tertiary/aromatic N) is 4. The number of amides is 1. The fraction of sp³-hybridized carbons (Fsp3) is 0.231. The van der Waals surface area contributed by atoms with Crippen molar-refractivity contribution in [3.8, 4) is 11.5 Å². The fourth-order valence-electron chi connectivity index (χ4n) is 4.18. The molecule has 0 unspecified atom stereocenters. The summed E-state index contributed by atoms with van der Waals surface area (Å²) in [6.07, 6.45) is 4.50. The molecule has 0 saturated carbocycles. The minimum absolute atomic E-state index is 0.0549. The molecule has 2 N–H and O–H groups in total. The van der Waals surface area contributed by atoms with E-state index in [0.29, 0.717) is 13.1 Å². The minimum atomic E-state index is -0.0549. The Hall–Kier alpha value is -4.04. The van der Waals surface area contributed by atoms with Gasteiger partial charge >= 0.3 is 0 Å². The molecule has 2 heterocycles. The molecule has 0 aliphatic carbocycles. The van der Waals surface area contributed by atoms with Crippen molar-refractivity contribution in [1.29, 1.82) is 5.41 Å². The molecule has 2 aromatic rings. The summed E-state index contributed by atoms with van der Waals surface area (Å²) in [6, 6.07) is 17.4. The Labute approximate surface area is 199 Å². The zero-order valence-corrected chi connectivity index (χ0v) is 19.0. The van der Waals surface area contributed by atoms with E-state index in [9.17, 15) is 4.79 Å². The van der Waals surface area contributed by atoms with Crippen LogP contribution >= 0.6 is 0 Å². The third-order valence-corrected chi connectivity index (χ3v) is 5.89. The molecular weight excluding hydrogens is 428 g/mol. The van der Waals surface area contributed by atoms with Gasteiger partial charge in [-0.1, -0.05) is 24.8 Å². The standard InChI is InChI=1S/C26H28N6O2/c1-3-24(33)31-15-7-8-20(16-31)32-17-23(26(27)29-18-28-2)25(30-32)19-11-13-22(14-12-19)34-21-9-5-4-6-10-21/h3-6,9-14,18,20,27,30H,1-2,7-8,15-17H2/t20-/m1/s1. The van der Waals surface area contributed by atoms with E-state index in [2.05, 4.69) is 33.7 Å². The predicted molar refractivity (Wildman–Crippen MR) is 135 cm³/mol. The molecule has 174 valence electrons. The predicted octanol–water partition coefficient (Wildman–Crippen LogP) is 3.89. The van der Waals surface area contributed by atoms with Crippen molar-refractivity contribution in [2.24, 2.45) is 9.98 Å². The van der Waals surface area contributed by atoms with Crippen LogP contribution in [0.5, 0.6) is 11.5 Å². The van der Waals surface area contributed by atoms with E-state index >= 15 is 0 Å². The summed E-state index contributed by atoms with van der Waals surface area (Å²) in [7, 11) is 0. The quantitative estimate of drug-likeness (QED) is 0.376. The van der Waals surface area contributed by atoms with Crippen LogP contribution in [0.3, 0.4) is 0 Å². The van der Waals surface area contributed by atoms with Gasteiger partial charge in [-0.3, -0.25) is 15.2 Å². The van der Waals surface area contributed by atoms with E-state index in [0.717, 1.165) is 47.7 Å². The highest BCUT2D eigenvalue weighted by Gasteiger charge is 2.33. The second-order valence-electron chi connectivity index (χ2n) is 8.09. The second kappa shape index (κ2) is 10.7. The molecule has 2 aliphatic heterocycles. The number of carbonyl (C=O) groups is 1. The number of hydrogen-bond donors (Lipinski definition) is 2. The Kier molecular flexibility index (Phi) is 7.29. The van der Waals surface area contributed by atoms with Crippen LogP contribution in [0.4, 0.5) is 0 Å². The molecule has 1 saturated heterocycles. The van der Waals surface area contributed by atoms with Gasteiger partial charge in [0.1, 0.15) is 17.8 Å². The maximum atomic E-state index is 12.1. The molecule has 1 atom stereocenters. The van der Waals surface area contributed by atoms with Gasteiger partial charge in [-0.15, -0.1) is 0 Å². The Balaban J connectivity index is 1.55. The number of ether oxygens (including phenoxy) is 1. The number of likely N-dealkylation sites (tertiary alicyclic amines) is 1. The zero-order valence-electron chi connectivity index (χ0n) is 19.0. The first-order valence-corrected chi connectivity index (χ1v) is 11.2. The summed E-state index contributed by atoms with van der Waals surface area (Å²) in [4.78, 5) is 21.7. The number of rotatable bonds is 7. The molecule has 0 radical (unpaired) electrons. The van der Waals surface area contributed by atoms with Crippen LogP contribution < -0.4 is 10.2 Å². The molecule has 0 bridgehead atoms. The van der Waals surface area contributed by atoms with E-state index in [1.165, 1.54) is 12.4 Å². The molecule has 1 fully saturated rings. The summed E-state index contributed by atoms with van der Waals surface area (Å²) >= 11 is 0. The SMILES string of the molecule is C=CC(=O)N1CCC[C@@H](N2CC(C(=N)N=CN=C)=C(c3ccc(Oc4ccccc4)cc3)N2)C1. The fourth-order valence-corrected chi connectivity index (χ4v) is 4.18. The van der Waals surface area contributed by atoms with Crippen molar-refractivity contribution >= 4 is 30.5 Å². The van der Waals surface area contributed by atoms with Crippen LogP contribution in [-0.4, -0.2) is 60.4 Å². The monoisotopic (exact) mass is 456 g/mol. The van der Waals surface area contributed by atoms with Gasteiger partial charge in [0, 0.05) is 31.2 Å². The molecular formula is C26H28N6O2. The molecule has 34 heavy (non-hydrogen) atoms. The van der Waals surface area contributed by atoms with E-state index in [1.807, 2.05) is 59.5 Å². The van der Waals surface area contributed by atoms with Gasteiger partial charge in [-0.05, 0) is 67.6 Å². The summed E-state index contributed by atoms with van der Waals surface area (Å²) in [6.45, 7) is 8.84. The van der Waals surface area contributed by atoms with Crippen LogP contribution in [0.25, 0.3) is 5.70 Å². The highest BCUT2D eigenvalue weighted by Crippen LogP contribution is 2.29. The summed E-state index contributed by atoms with van der Waals surface area (Å²) < 4.78 is 5.91. The smallest absolute Gasteiger partial charge is 0.246 e. The lowest BCUT2D eigenvalue weighted by molar-refractivity contribution is -0.128. The Morgan fingerprint density at radius 2 is 1.88 bits per heavy atom. The number of hydrogen-bond acceptors (Lipinski definition) is 5. The van der Waals surface area contributed by atoms with Gasteiger partial charge in [0.25, 0.3) is 0 Å². The maximum Gasteiger partial charge on any atom is 0.246 e. The second-order valence-corrected chi connectivity index (χ2v) is 8.09. The highest BCUT2D eigenvalue weighted by molar-refractivity contribution is 6.07. The van der Waals surface area contributed by atoms with Crippen LogP contribution in [0.2, 0.25) is 0 Å². The molecule has 2 aromatic carbocycles.